The quantitative estimate of drug-likeness (QED) is 0.369. The molecule has 7 heteroatoms. The molecular formula is C18H24N2O5. The van der Waals surface area contributed by atoms with Crippen molar-refractivity contribution in [2.24, 2.45) is 5.10 Å². The second-order valence-corrected chi connectivity index (χ2v) is 6.38. The summed E-state index contributed by atoms with van der Waals surface area (Å²) < 4.78 is 9.85. The highest BCUT2D eigenvalue weighted by molar-refractivity contribution is 6.64. The molecular weight excluding hydrogens is 324 g/mol. The Morgan fingerprint density at radius 3 is 2.24 bits per heavy atom. The first-order valence-corrected chi connectivity index (χ1v) is 7.95. The number of benzene rings is 1. The molecule has 0 atom stereocenters. The third-order valence-electron chi connectivity index (χ3n) is 2.88. The van der Waals surface area contributed by atoms with Crippen LogP contribution < -0.4 is 5.43 Å². The van der Waals surface area contributed by atoms with E-state index in [0.717, 1.165) is 11.1 Å². The molecule has 136 valence electrons. The second-order valence-electron chi connectivity index (χ2n) is 6.38. The van der Waals surface area contributed by atoms with Gasteiger partial charge in [-0.3, -0.25) is 4.79 Å². The molecule has 0 spiro atoms. The maximum absolute atomic E-state index is 12.4. The summed E-state index contributed by atoms with van der Waals surface area (Å²) >= 11 is 0. The number of aryl methyl sites for hydroxylation is 1. The minimum absolute atomic E-state index is 0.0338. The van der Waals surface area contributed by atoms with Crippen LogP contribution in [0.3, 0.4) is 0 Å². The highest BCUT2D eigenvalue weighted by atomic mass is 16.6. The Kier molecular flexibility index (Phi) is 7.29. The number of nitrogens with one attached hydrogen (secondary N) is 1. The Balaban J connectivity index is 2.89. The van der Waals surface area contributed by atoms with E-state index in [9.17, 15) is 14.4 Å². The summed E-state index contributed by atoms with van der Waals surface area (Å²) in [6.07, 6.45) is -0.897. The zero-order chi connectivity index (χ0) is 19.0. The first kappa shape index (κ1) is 20.3. The molecule has 0 heterocycles. The van der Waals surface area contributed by atoms with Gasteiger partial charge in [0.2, 0.25) is 5.71 Å². The van der Waals surface area contributed by atoms with Crippen LogP contribution in [0.4, 0.5) is 4.79 Å². The molecule has 0 unspecified atom stereocenters. The number of carbonyl (C=O) groups excluding carboxylic acids is 3. The average Bonchev–Trinajstić information content (AvgIpc) is 2.48. The zero-order valence-electron chi connectivity index (χ0n) is 15.2. The normalized spacial score (nSPS) is 11.6. The predicted octanol–water partition coefficient (Wildman–Crippen LogP) is 2.55. The number of carbonyl (C=O) groups is 3. The fourth-order valence-electron chi connectivity index (χ4n) is 1.80. The fourth-order valence-corrected chi connectivity index (χ4v) is 1.80. The lowest BCUT2D eigenvalue weighted by Crippen LogP contribution is -2.34. The van der Waals surface area contributed by atoms with Crippen molar-refractivity contribution in [3.05, 3.63) is 35.4 Å². The molecule has 0 aliphatic heterocycles. The molecule has 0 bridgehead atoms. The van der Waals surface area contributed by atoms with Gasteiger partial charge in [0.15, 0.2) is 5.78 Å². The van der Waals surface area contributed by atoms with E-state index < -0.39 is 29.2 Å². The standard InChI is InChI=1S/C18H24N2O5/c1-6-24-16(22)15(19-20-17(23)25-18(3,4)5)14(21)11-13-9-7-12(2)8-10-13/h7-10H,6,11H2,1-5H3,(H,20,23)/b19-15+. The summed E-state index contributed by atoms with van der Waals surface area (Å²) in [7, 11) is 0. The van der Waals surface area contributed by atoms with Gasteiger partial charge in [-0.05, 0) is 40.2 Å². The lowest BCUT2D eigenvalue weighted by atomic mass is 10.0. The lowest BCUT2D eigenvalue weighted by Gasteiger charge is -2.18. The summed E-state index contributed by atoms with van der Waals surface area (Å²) in [4.78, 5) is 36.0. The van der Waals surface area contributed by atoms with Crippen LogP contribution in [0, 0.1) is 6.92 Å². The Bertz CT molecular complexity index is 657. The van der Waals surface area contributed by atoms with Crippen LogP contribution in [-0.2, 0) is 25.5 Å². The van der Waals surface area contributed by atoms with Gasteiger partial charge >= 0.3 is 12.1 Å². The zero-order valence-corrected chi connectivity index (χ0v) is 15.2. The van der Waals surface area contributed by atoms with Crippen LogP contribution in [0.5, 0.6) is 0 Å². The van der Waals surface area contributed by atoms with Crippen molar-refractivity contribution < 1.29 is 23.9 Å². The average molecular weight is 348 g/mol. The maximum atomic E-state index is 12.4. The van der Waals surface area contributed by atoms with Crippen LogP contribution in [0.1, 0.15) is 38.8 Å². The molecule has 0 fully saturated rings. The molecule has 0 saturated heterocycles. The fraction of sp³-hybridized carbons (Fsp3) is 0.444. The van der Waals surface area contributed by atoms with Gasteiger partial charge in [0.05, 0.1) is 6.61 Å². The van der Waals surface area contributed by atoms with E-state index in [0.29, 0.717) is 0 Å². The number of ether oxygens (including phenoxy) is 2. The minimum atomic E-state index is -0.893. The summed E-state index contributed by atoms with van der Waals surface area (Å²) in [5.74, 6) is -1.45. The molecule has 0 aromatic heterocycles. The Morgan fingerprint density at radius 1 is 1.12 bits per heavy atom. The van der Waals surface area contributed by atoms with Crippen LogP contribution in [0.15, 0.2) is 29.4 Å². The van der Waals surface area contributed by atoms with E-state index in [4.69, 9.17) is 9.47 Å². The van der Waals surface area contributed by atoms with E-state index in [1.54, 1.807) is 39.8 Å². The molecule has 0 aliphatic carbocycles. The third kappa shape index (κ3) is 7.60. The molecule has 0 radical (unpaired) electrons. The molecule has 25 heavy (non-hydrogen) atoms. The van der Waals surface area contributed by atoms with Crippen molar-refractivity contribution in [3.8, 4) is 0 Å². The first-order valence-electron chi connectivity index (χ1n) is 7.95. The van der Waals surface area contributed by atoms with Crippen molar-refractivity contribution >= 4 is 23.6 Å². The molecule has 1 amide bonds. The number of hydrogen-bond donors (Lipinski definition) is 1. The number of hydrogen-bond acceptors (Lipinski definition) is 6. The topological polar surface area (TPSA) is 94.1 Å². The van der Waals surface area contributed by atoms with Crippen LogP contribution in [0.2, 0.25) is 0 Å². The molecule has 7 nitrogen and oxygen atoms in total. The number of rotatable bonds is 6. The van der Waals surface area contributed by atoms with E-state index in [1.165, 1.54) is 0 Å². The SMILES string of the molecule is CCOC(=O)/C(=N/NC(=O)OC(C)(C)C)C(=O)Cc1ccc(C)cc1. The highest BCUT2D eigenvalue weighted by Gasteiger charge is 2.23. The summed E-state index contributed by atoms with van der Waals surface area (Å²) in [5.41, 5.74) is 2.64. The Morgan fingerprint density at radius 2 is 1.72 bits per heavy atom. The van der Waals surface area contributed by atoms with Crippen molar-refractivity contribution in [3.63, 3.8) is 0 Å². The molecule has 1 N–H and O–H groups in total. The minimum Gasteiger partial charge on any atom is -0.461 e. The van der Waals surface area contributed by atoms with Gasteiger partial charge in [-0.1, -0.05) is 29.8 Å². The van der Waals surface area contributed by atoms with Crippen molar-refractivity contribution in [1.82, 2.24) is 5.43 Å². The van der Waals surface area contributed by atoms with Crippen LogP contribution >= 0.6 is 0 Å². The molecule has 1 rings (SSSR count). The number of nitrogens with zero attached hydrogens (tertiary/aromatic N) is 1. The van der Waals surface area contributed by atoms with E-state index in [1.807, 2.05) is 19.1 Å². The van der Waals surface area contributed by atoms with E-state index in [-0.39, 0.29) is 13.0 Å². The number of hydrazone groups is 1. The van der Waals surface area contributed by atoms with Gasteiger partial charge in [-0.15, -0.1) is 0 Å². The predicted molar refractivity (Wildman–Crippen MR) is 93.3 cm³/mol. The largest absolute Gasteiger partial charge is 0.461 e. The van der Waals surface area contributed by atoms with Gasteiger partial charge in [0.1, 0.15) is 5.60 Å². The van der Waals surface area contributed by atoms with E-state index in [2.05, 4.69) is 10.5 Å². The third-order valence-corrected chi connectivity index (χ3v) is 2.88. The maximum Gasteiger partial charge on any atom is 0.428 e. The van der Waals surface area contributed by atoms with E-state index >= 15 is 0 Å². The van der Waals surface area contributed by atoms with Crippen LogP contribution in [-0.4, -0.2) is 35.8 Å². The first-order chi connectivity index (χ1) is 11.6. The van der Waals surface area contributed by atoms with Gasteiger partial charge in [0, 0.05) is 6.42 Å². The number of ketones is 1. The van der Waals surface area contributed by atoms with Gasteiger partial charge in [-0.2, -0.15) is 5.10 Å². The number of esters is 1. The van der Waals surface area contributed by atoms with Crippen molar-refractivity contribution in [2.75, 3.05) is 6.61 Å². The summed E-state index contributed by atoms with van der Waals surface area (Å²) in [5, 5.41) is 3.61. The summed E-state index contributed by atoms with van der Waals surface area (Å²) in [6, 6.07) is 7.31. The molecule has 1 aromatic carbocycles. The number of Topliss-reactive ketones (excluding diaryl/α,β-unsaturated/α-hetero) is 1. The number of amides is 1. The molecule has 1 aromatic rings. The molecule has 0 aliphatic rings. The Labute approximate surface area is 147 Å². The molecule has 0 saturated carbocycles. The summed E-state index contributed by atoms with van der Waals surface area (Å²) in [6.45, 7) is 8.69. The monoisotopic (exact) mass is 348 g/mol. The van der Waals surface area contributed by atoms with Gasteiger partial charge in [0.25, 0.3) is 0 Å². The van der Waals surface area contributed by atoms with Crippen molar-refractivity contribution in [2.45, 2.75) is 46.6 Å². The van der Waals surface area contributed by atoms with Crippen molar-refractivity contribution in [1.29, 1.82) is 0 Å². The Hall–Kier alpha value is -2.70. The lowest BCUT2D eigenvalue weighted by molar-refractivity contribution is -0.135. The van der Waals surface area contributed by atoms with Crippen LogP contribution in [0.25, 0.3) is 0 Å². The second kappa shape index (κ2) is 8.96. The van der Waals surface area contributed by atoms with Gasteiger partial charge < -0.3 is 9.47 Å². The van der Waals surface area contributed by atoms with Gasteiger partial charge in [-0.25, -0.2) is 15.0 Å². The highest BCUT2D eigenvalue weighted by Crippen LogP contribution is 2.07. The smallest absolute Gasteiger partial charge is 0.428 e.